The van der Waals surface area contributed by atoms with Gasteiger partial charge in [-0.05, 0) is 30.5 Å². The molecule has 0 unspecified atom stereocenters. The number of halogens is 1. The van der Waals surface area contributed by atoms with E-state index in [1.54, 1.807) is 10.9 Å². The van der Waals surface area contributed by atoms with Crippen LogP contribution >= 0.6 is 11.6 Å². The van der Waals surface area contributed by atoms with Crippen molar-refractivity contribution >= 4 is 17.4 Å². The molecule has 0 fully saturated rings. The summed E-state index contributed by atoms with van der Waals surface area (Å²) in [4.78, 5) is 4.25. The first kappa shape index (κ1) is 11.9. The van der Waals surface area contributed by atoms with Crippen molar-refractivity contribution in [2.45, 2.75) is 26.7 Å². The smallest absolute Gasteiger partial charge is 0.155 e. The lowest BCUT2D eigenvalue weighted by molar-refractivity contribution is 0.761. The summed E-state index contributed by atoms with van der Waals surface area (Å²) < 4.78 is 1.59. The fraction of sp³-hybridized carbons (Fsp3) is 0.333. The molecule has 0 atom stereocenters. The molecular formula is C12H15ClN4. The molecule has 0 saturated carbocycles. The van der Waals surface area contributed by atoms with E-state index in [1.165, 1.54) is 0 Å². The summed E-state index contributed by atoms with van der Waals surface area (Å²) in [5, 5.41) is 4.93. The number of rotatable bonds is 2. The molecule has 0 spiro atoms. The van der Waals surface area contributed by atoms with Crippen molar-refractivity contribution in [1.29, 1.82) is 0 Å². The largest absolute Gasteiger partial charge is 0.382 e. The Morgan fingerprint density at radius 3 is 2.65 bits per heavy atom. The van der Waals surface area contributed by atoms with Crippen LogP contribution in [0.3, 0.4) is 0 Å². The Bertz CT molecular complexity index is 545. The standard InChI is InChI=1S/C12H15ClN4/c1-7(2)11-10(13)12(14)17(16-11)9-6-8(3)4-5-15-9/h4-7H,14H2,1-3H3. The van der Waals surface area contributed by atoms with Crippen LogP contribution < -0.4 is 5.73 Å². The number of pyridine rings is 1. The van der Waals surface area contributed by atoms with Crippen molar-refractivity contribution in [3.05, 3.63) is 34.6 Å². The summed E-state index contributed by atoms with van der Waals surface area (Å²) in [5.41, 5.74) is 7.85. The molecule has 2 heterocycles. The van der Waals surface area contributed by atoms with E-state index in [4.69, 9.17) is 17.3 Å². The molecule has 0 saturated heterocycles. The third kappa shape index (κ3) is 2.13. The molecule has 0 aliphatic rings. The van der Waals surface area contributed by atoms with Gasteiger partial charge in [-0.2, -0.15) is 9.78 Å². The minimum absolute atomic E-state index is 0.232. The van der Waals surface area contributed by atoms with Crippen LogP contribution in [0, 0.1) is 6.92 Å². The van der Waals surface area contributed by atoms with Gasteiger partial charge in [0.1, 0.15) is 10.8 Å². The number of aryl methyl sites for hydroxylation is 1. The second-order valence-electron chi connectivity index (χ2n) is 4.34. The van der Waals surface area contributed by atoms with Gasteiger partial charge in [-0.25, -0.2) is 4.98 Å². The first-order chi connectivity index (χ1) is 8.00. The Balaban J connectivity index is 2.57. The second-order valence-corrected chi connectivity index (χ2v) is 4.72. The maximum atomic E-state index is 6.16. The van der Waals surface area contributed by atoms with Crippen molar-refractivity contribution < 1.29 is 0 Å². The van der Waals surface area contributed by atoms with Crippen molar-refractivity contribution in [2.75, 3.05) is 5.73 Å². The normalized spacial score (nSPS) is 11.1. The maximum Gasteiger partial charge on any atom is 0.155 e. The number of hydrogen-bond donors (Lipinski definition) is 1. The van der Waals surface area contributed by atoms with E-state index < -0.39 is 0 Å². The molecule has 5 heteroatoms. The molecule has 0 bridgehead atoms. The lowest BCUT2D eigenvalue weighted by Gasteiger charge is -2.03. The number of nitrogens with two attached hydrogens (primary N) is 1. The van der Waals surface area contributed by atoms with Gasteiger partial charge in [0.15, 0.2) is 5.82 Å². The lowest BCUT2D eigenvalue weighted by atomic mass is 10.1. The zero-order valence-electron chi connectivity index (χ0n) is 10.1. The molecule has 90 valence electrons. The van der Waals surface area contributed by atoms with Gasteiger partial charge in [0.05, 0.1) is 5.69 Å². The van der Waals surface area contributed by atoms with Crippen molar-refractivity contribution in [2.24, 2.45) is 0 Å². The minimum atomic E-state index is 0.232. The lowest BCUT2D eigenvalue weighted by Crippen LogP contribution is -2.04. The van der Waals surface area contributed by atoms with Crippen LogP contribution in [0.4, 0.5) is 5.82 Å². The van der Waals surface area contributed by atoms with E-state index in [0.717, 1.165) is 11.3 Å². The SMILES string of the molecule is Cc1ccnc(-n2nc(C(C)C)c(Cl)c2N)c1. The van der Waals surface area contributed by atoms with Crippen LogP contribution in [0.2, 0.25) is 5.02 Å². The van der Waals surface area contributed by atoms with E-state index in [1.807, 2.05) is 32.9 Å². The maximum absolute atomic E-state index is 6.16. The molecule has 2 rings (SSSR count). The van der Waals surface area contributed by atoms with Gasteiger partial charge < -0.3 is 5.73 Å². The zero-order valence-corrected chi connectivity index (χ0v) is 10.9. The van der Waals surface area contributed by atoms with Crippen LogP contribution in [0.25, 0.3) is 5.82 Å². The molecule has 4 nitrogen and oxygen atoms in total. The number of aromatic nitrogens is 3. The molecule has 0 aliphatic carbocycles. The summed E-state index contributed by atoms with van der Waals surface area (Å²) in [6.45, 7) is 6.05. The van der Waals surface area contributed by atoms with Gasteiger partial charge in [-0.1, -0.05) is 25.4 Å². The molecule has 0 aromatic carbocycles. The molecule has 0 aliphatic heterocycles. The highest BCUT2D eigenvalue weighted by atomic mass is 35.5. The zero-order chi connectivity index (χ0) is 12.6. The Morgan fingerprint density at radius 2 is 2.12 bits per heavy atom. The van der Waals surface area contributed by atoms with Gasteiger partial charge in [-0.15, -0.1) is 0 Å². The highest BCUT2D eigenvalue weighted by molar-refractivity contribution is 6.33. The average Bonchev–Trinajstić information content (AvgIpc) is 2.56. The predicted molar refractivity (Wildman–Crippen MR) is 69.6 cm³/mol. The van der Waals surface area contributed by atoms with Crippen LogP contribution in [0.15, 0.2) is 18.3 Å². The van der Waals surface area contributed by atoms with Crippen LogP contribution in [-0.2, 0) is 0 Å². The molecule has 0 amide bonds. The van der Waals surface area contributed by atoms with Gasteiger partial charge in [-0.3, -0.25) is 0 Å². The average molecular weight is 251 g/mol. The van der Waals surface area contributed by atoms with Crippen molar-refractivity contribution in [1.82, 2.24) is 14.8 Å². The van der Waals surface area contributed by atoms with E-state index >= 15 is 0 Å². The van der Waals surface area contributed by atoms with Gasteiger partial charge in [0.25, 0.3) is 0 Å². The molecular weight excluding hydrogens is 236 g/mol. The monoisotopic (exact) mass is 250 g/mol. The minimum Gasteiger partial charge on any atom is -0.382 e. The quantitative estimate of drug-likeness (QED) is 0.892. The third-order valence-corrected chi connectivity index (χ3v) is 2.94. The number of anilines is 1. The van der Waals surface area contributed by atoms with E-state index in [2.05, 4.69) is 10.1 Å². The number of nitrogens with zero attached hydrogens (tertiary/aromatic N) is 3. The topological polar surface area (TPSA) is 56.7 Å². The fourth-order valence-corrected chi connectivity index (χ4v) is 1.95. The molecule has 2 N–H and O–H groups in total. The Morgan fingerprint density at radius 1 is 1.41 bits per heavy atom. The first-order valence-electron chi connectivity index (χ1n) is 5.47. The van der Waals surface area contributed by atoms with Gasteiger partial charge >= 0.3 is 0 Å². The van der Waals surface area contributed by atoms with E-state index in [0.29, 0.717) is 16.7 Å². The van der Waals surface area contributed by atoms with Crippen LogP contribution in [0.1, 0.15) is 31.0 Å². The molecule has 17 heavy (non-hydrogen) atoms. The number of nitrogen functional groups attached to an aromatic ring is 1. The summed E-state index contributed by atoms with van der Waals surface area (Å²) in [6.07, 6.45) is 1.73. The summed E-state index contributed by atoms with van der Waals surface area (Å²) in [6, 6.07) is 3.85. The summed E-state index contributed by atoms with van der Waals surface area (Å²) >= 11 is 6.16. The van der Waals surface area contributed by atoms with Gasteiger partial charge in [0.2, 0.25) is 0 Å². The highest BCUT2D eigenvalue weighted by Crippen LogP contribution is 2.30. The molecule has 2 aromatic heterocycles. The molecule has 0 radical (unpaired) electrons. The van der Waals surface area contributed by atoms with Crippen molar-refractivity contribution in [3.8, 4) is 5.82 Å². The van der Waals surface area contributed by atoms with Gasteiger partial charge in [0, 0.05) is 6.20 Å². The Kier molecular flexibility index (Phi) is 3.07. The van der Waals surface area contributed by atoms with Crippen molar-refractivity contribution in [3.63, 3.8) is 0 Å². The summed E-state index contributed by atoms with van der Waals surface area (Å²) in [7, 11) is 0. The predicted octanol–water partition coefficient (Wildman–Crippen LogP) is 2.93. The van der Waals surface area contributed by atoms with Crippen LogP contribution in [0.5, 0.6) is 0 Å². The van der Waals surface area contributed by atoms with Crippen LogP contribution in [-0.4, -0.2) is 14.8 Å². The molecule has 2 aromatic rings. The fourth-order valence-electron chi connectivity index (χ4n) is 1.61. The third-order valence-electron chi connectivity index (χ3n) is 2.55. The van der Waals surface area contributed by atoms with E-state index in [-0.39, 0.29) is 5.92 Å². The summed E-state index contributed by atoms with van der Waals surface area (Å²) in [5.74, 6) is 1.36. The number of hydrogen-bond acceptors (Lipinski definition) is 3. The van der Waals surface area contributed by atoms with E-state index in [9.17, 15) is 0 Å². The Hall–Kier alpha value is -1.55. The first-order valence-corrected chi connectivity index (χ1v) is 5.85. The Labute approximate surface area is 105 Å². The highest BCUT2D eigenvalue weighted by Gasteiger charge is 2.17. The second kappa shape index (κ2) is 4.37.